The normalized spacial score (nSPS) is 18.2. The molecule has 0 radical (unpaired) electrons. The van der Waals surface area contributed by atoms with Crippen molar-refractivity contribution in [3.8, 4) is 0 Å². The quantitative estimate of drug-likeness (QED) is 0.0579. The average molecular weight is 925 g/mol. The number of hydrogen-bond donors (Lipinski definition) is 4. The molecule has 0 aromatic heterocycles. The SMILES string of the molecule is O=C1CCC(N2C(=O)c3cccc(NCCOCCOCCOCCOCCOCCOCCOCCOCCNc4cccc5c4C(=O)N(C4CCC(=O)NC4=O)C5=O)c3C2=O)C(=O)N1. The highest BCUT2D eigenvalue weighted by molar-refractivity contribution is 6.26. The lowest BCUT2D eigenvalue weighted by Crippen LogP contribution is -2.54. The molecule has 22 heteroatoms. The third-order valence-corrected chi connectivity index (χ3v) is 10.7. The average Bonchev–Trinajstić information content (AvgIpc) is 3.71. The monoisotopic (exact) mass is 924 g/mol. The Morgan fingerprint density at radius 2 is 0.727 bits per heavy atom. The van der Waals surface area contributed by atoms with Crippen molar-refractivity contribution in [1.82, 2.24) is 20.4 Å². The zero-order chi connectivity index (χ0) is 46.7. The molecule has 4 aliphatic rings. The molecular formula is C44H56N6O16. The standard InChI is InChI=1S/C44H56N6O16/c51-35-9-7-33(39(53)47-35)49-41(55)29-3-1-5-31(37(29)43(49)57)45-11-13-59-15-17-61-19-21-63-23-25-65-27-28-66-26-24-64-22-20-62-18-16-60-14-12-46-32-6-2-4-30-38(32)44(58)50(42(30)56)34-8-10-36(52)48-40(34)54/h1-6,33-34,45-46H,7-28H2,(H,47,51,53)(H,48,52,54). The molecule has 4 heterocycles. The molecule has 4 N–H and O–H groups in total. The fourth-order valence-corrected chi connectivity index (χ4v) is 7.48. The molecule has 4 aliphatic heterocycles. The summed E-state index contributed by atoms with van der Waals surface area (Å²) in [7, 11) is 0. The van der Waals surface area contributed by atoms with Gasteiger partial charge in [-0.1, -0.05) is 12.1 Å². The highest BCUT2D eigenvalue weighted by Crippen LogP contribution is 2.33. The number of nitrogens with zero attached hydrogens (tertiary/aromatic N) is 2. The first-order valence-corrected chi connectivity index (χ1v) is 22.0. The van der Waals surface area contributed by atoms with Crippen LogP contribution in [0.1, 0.15) is 67.1 Å². The van der Waals surface area contributed by atoms with Gasteiger partial charge >= 0.3 is 0 Å². The molecule has 0 bridgehead atoms. The van der Waals surface area contributed by atoms with Gasteiger partial charge in [0, 0.05) is 37.3 Å². The van der Waals surface area contributed by atoms with Crippen LogP contribution in [0.15, 0.2) is 36.4 Å². The lowest BCUT2D eigenvalue weighted by atomic mass is 10.0. The predicted molar refractivity (Wildman–Crippen MR) is 230 cm³/mol. The first-order chi connectivity index (χ1) is 32.2. The summed E-state index contributed by atoms with van der Waals surface area (Å²) >= 11 is 0. The second-order valence-electron chi connectivity index (χ2n) is 15.1. The highest BCUT2D eigenvalue weighted by Gasteiger charge is 2.47. The molecule has 358 valence electrons. The Hall–Kier alpha value is -5.72. The minimum Gasteiger partial charge on any atom is -0.382 e. The number of hydrogen-bond acceptors (Lipinski definition) is 18. The summed E-state index contributed by atoms with van der Waals surface area (Å²) in [5.74, 6) is -4.43. The van der Waals surface area contributed by atoms with Crippen molar-refractivity contribution in [3.05, 3.63) is 58.7 Å². The van der Waals surface area contributed by atoms with Gasteiger partial charge in [-0.2, -0.15) is 0 Å². The summed E-state index contributed by atoms with van der Waals surface area (Å²) in [6, 6.07) is 7.72. The van der Waals surface area contributed by atoms with E-state index in [1.165, 1.54) is 0 Å². The van der Waals surface area contributed by atoms with Gasteiger partial charge in [-0.3, -0.25) is 58.8 Å². The summed E-state index contributed by atoms with van der Waals surface area (Å²) < 4.78 is 44.3. The van der Waals surface area contributed by atoms with Crippen LogP contribution in [-0.2, 0) is 57.1 Å². The Morgan fingerprint density at radius 1 is 0.424 bits per heavy atom. The van der Waals surface area contributed by atoms with Crippen LogP contribution in [0.3, 0.4) is 0 Å². The van der Waals surface area contributed by atoms with Gasteiger partial charge in [0.1, 0.15) is 12.1 Å². The number of fused-ring (bicyclic) bond motifs is 2. The van der Waals surface area contributed by atoms with Crippen molar-refractivity contribution in [2.24, 2.45) is 0 Å². The van der Waals surface area contributed by atoms with E-state index < -0.39 is 59.3 Å². The first kappa shape index (κ1) is 49.7. The highest BCUT2D eigenvalue weighted by atomic mass is 16.6. The Morgan fingerprint density at radius 3 is 1.03 bits per heavy atom. The second-order valence-corrected chi connectivity index (χ2v) is 15.1. The maximum absolute atomic E-state index is 13.2. The summed E-state index contributed by atoms with van der Waals surface area (Å²) in [6.07, 6.45) is 0.290. The Labute approximate surface area is 380 Å². The maximum Gasteiger partial charge on any atom is 0.264 e. The largest absolute Gasteiger partial charge is 0.382 e. The fourth-order valence-electron chi connectivity index (χ4n) is 7.48. The molecule has 66 heavy (non-hydrogen) atoms. The van der Waals surface area contributed by atoms with E-state index >= 15 is 0 Å². The van der Waals surface area contributed by atoms with Crippen LogP contribution in [0.4, 0.5) is 11.4 Å². The van der Waals surface area contributed by atoms with Gasteiger partial charge in [-0.05, 0) is 37.1 Å². The second kappa shape index (κ2) is 25.8. The fraction of sp³-hybridized carbons (Fsp3) is 0.545. The van der Waals surface area contributed by atoms with E-state index in [4.69, 9.17) is 37.9 Å². The number of ether oxygens (including phenoxy) is 8. The van der Waals surface area contributed by atoms with Gasteiger partial charge in [-0.15, -0.1) is 0 Å². The number of nitrogens with one attached hydrogen (secondary N) is 4. The molecule has 2 unspecified atom stereocenters. The van der Waals surface area contributed by atoms with E-state index in [2.05, 4.69) is 21.3 Å². The third-order valence-electron chi connectivity index (χ3n) is 10.7. The van der Waals surface area contributed by atoms with Crippen LogP contribution in [0.2, 0.25) is 0 Å². The molecular weight excluding hydrogens is 869 g/mol. The van der Waals surface area contributed by atoms with Gasteiger partial charge in [0.2, 0.25) is 23.6 Å². The molecule has 8 amide bonds. The number of carbonyl (C=O) groups is 8. The molecule has 2 saturated heterocycles. The molecule has 2 fully saturated rings. The summed E-state index contributed by atoms with van der Waals surface area (Å²) in [6.45, 7) is 6.88. The van der Waals surface area contributed by atoms with Crippen LogP contribution in [0.25, 0.3) is 0 Å². The molecule has 2 aromatic carbocycles. The molecule has 2 atom stereocenters. The van der Waals surface area contributed by atoms with Crippen molar-refractivity contribution >= 4 is 58.6 Å². The minimum atomic E-state index is -1.02. The van der Waals surface area contributed by atoms with E-state index in [9.17, 15) is 38.4 Å². The van der Waals surface area contributed by atoms with Crippen LogP contribution in [0.5, 0.6) is 0 Å². The van der Waals surface area contributed by atoms with E-state index in [1.807, 2.05) is 0 Å². The van der Waals surface area contributed by atoms with Crippen molar-refractivity contribution in [2.75, 3.05) is 129 Å². The molecule has 22 nitrogen and oxygen atoms in total. The van der Waals surface area contributed by atoms with Crippen LogP contribution in [-0.4, -0.2) is 188 Å². The number of carbonyl (C=O) groups excluding carboxylic acids is 8. The molecule has 0 aliphatic carbocycles. The maximum atomic E-state index is 13.2. The molecule has 0 spiro atoms. The Balaban J connectivity index is 0.666. The first-order valence-electron chi connectivity index (χ1n) is 22.0. The van der Waals surface area contributed by atoms with Crippen molar-refractivity contribution < 1.29 is 76.3 Å². The van der Waals surface area contributed by atoms with Gasteiger partial charge in [0.05, 0.1) is 128 Å². The van der Waals surface area contributed by atoms with Crippen LogP contribution >= 0.6 is 0 Å². The van der Waals surface area contributed by atoms with E-state index in [1.54, 1.807) is 36.4 Å². The smallest absolute Gasteiger partial charge is 0.264 e. The topological polar surface area (TPSA) is 265 Å². The van der Waals surface area contributed by atoms with Crippen molar-refractivity contribution in [2.45, 2.75) is 37.8 Å². The van der Waals surface area contributed by atoms with Gasteiger partial charge in [0.15, 0.2) is 0 Å². The van der Waals surface area contributed by atoms with Gasteiger partial charge in [-0.25, -0.2) is 0 Å². The third kappa shape index (κ3) is 13.4. The van der Waals surface area contributed by atoms with E-state index in [0.717, 1.165) is 9.80 Å². The zero-order valence-electron chi connectivity index (χ0n) is 36.6. The van der Waals surface area contributed by atoms with Crippen LogP contribution in [0, 0.1) is 0 Å². The van der Waals surface area contributed by atoms with Crippen molar-refractivity contribution in [1.29, 1.82) is 0 Å². The Bertz CT molecular complexity index is 1920. The molecule has 2 aromatic rings. The van der Waals surface area contributed by atoms with E-state index in [-0.39, 0.29) is 47.9 Å². The van der Waals surface area contributed by atoms with E-state index in [0.29, 0.717) is 130 Å². The van der Waals surface area contributed by atoms with Gasteiger partial charge in [0.25, 0.3) is 23.6 Å². The number of anilines is 2. The van der Waals surface area contributed by atoms with Crippen LogP contribution < -0.4 is 21.3 Å². The van der Waals surface area contributed by atoms with Crippen molar-refractivity contribution in [3.63, 3.8) is 0 Å². The minimum absolute atomic E-state index is 0.0538. The lowest BCUT2D eigenvalue weighted by molar-refractivity contribution is -0.137. The predicted octanol–water partition coefficient (Wildman–Crippen LogP) is 0.146. The molecule has 0 saturated carbocycles. The Kier molecular flexibility index (Phi) is 19.5. The summed E-state index contributed by atoms with van der Waals surface area (Å²) in [5, 5.41) is 10.6. The zero-order valence-corrected chi connectivity index (χ0v) is 36.6. The van der Waals surface area contributed by atoms with Gasteiger partial charge < -0.3 is 48.5 Å². The number of rotatable bonds is 31. The number of benzene rings is 2. The summed E-state index contributed by atoms with van der Waals surface area (Å²) in [4.78, 5) is 102. The molecule has 6 rings (SSSR count). The number of piperidine rings is 2. The number of amides is 8. The number of imide groups is 4. The lowest BCUT2D eigenvalue weighted by Gasteiger charge is -2.27. The summed E-state index contributed by atoms with van der Waals surface area (Å²) in [5.41, 5.74) is 1.73.